The Balaban J connectivity index is 4.24. The van der Waals surface area contributed by atoms with E-state index in [0.29, 0.717) is 6.42 Å². The minimum atomic E-state index is -1.06. The lowest BCUT2D eigenvalue weighted by Crippen LogP contribution is -2.49. The van der Waals surface area contributed by atoms with Crippen LogP contribution >= 0.6 is 0 Å². The zero-order valence-corrected chi connectivity index (χ0v) is 9.41. The number of hydrogen-bond donors (Lipinski definition) is 5. The number of amides is 1. The van der Waals surface area contributed by atoms with Crippen molar-refractivity contribution in [3.05, 3.63) is 0 Å². The van der Waals surface area contributed by atoms with E-state index in [-0.39, 0.29) is 18.4 Å². The number of guanidine groups is 1. The SMILES string of the molecule is CC[C@H](C)[C@H](NC(=O)CNC(=N)N)C(=O)O. The largest absolute Gasteiger partial charge is 0.480 e. The van der Waals surface area contributed by atoms with Gasteiger partial charge in [0.2, 0.25) is 5.91 Å². The van der Waals surface area contributed by atoms with E-state index in [2.05, 4.69) is 10.6 Å². The Labute approximate surface area is 93.9 Å². The Bertz CT molecular complexity index is 280. The van der Waals surface area contributed by atoms with Gasteiger partial charge in [-0.1, -0.05) is 20.3 Å². The summed E-state index contributed by atoms with van der Waals surface area (Å²) in [6.07, 6.45) is 0.650. The van der Waals surface area contributed by atoms with Crippen molar-refractivity contribution in [2.45, 2.75) is 26.3 Å². The highest BCUT2D eigenvalue weighted by atomic mass is 16.4. The van der Waals surface area contributed by atoms with E-state index in [9.17, 15) is 9.59 Å². The van der Waals surface area contributed by atoms with Crippen LogP contribution in [0.3, 0.4) is 0 Å². The molecule has 0 aromatic heterocycles. The molecular formula is C9H18N4O3. The maximum absolute atomic E-state index is 11.3. The minimum absolute atomic E-state index is 0.154. The molecule has 16 heavy (non-hydrogen) atoms. The van der Waals surface area contributed by atoms with Gasteiger partial charge in [0.15, 0.2) is 5.96 Å². The Morgan fingerprint density at radius 3 is 2.44 bits per heavy atom. The van der Waals surface area contributed by atoms with Gasteiger partial charge in [0.05, 0.1) is 6.54 Å². The van der Waals surface area contributed by atoms with Crippen molar-refractivity contribution in [1.82, 2.24) is 10.6 Å². The van der Waals surface area contributed by atoms with E-state index in [1.165, 1.54) is 0 Å². The third kappa shape index (κ3) is 5.18. The first-order valence-corrected chi connectivity index (χ1v) is 4.98. The highest BCUT2D eigenvalue weighted by Crippen LogP contribution is 2.07. The van der Waals surface area contributed by atoms with Gasteiger partial charge in [-0.25, -0.2) is 4.79 Å². The molecule has 0 fully saturated rings. The molecule has 6 N–H and O–H groups in total. The van der Waals surface area contributed by atoms with Gasteiger partial charge in [-0.15, -0.1) is 0 Å². The number of carbonyl (C=O) groups excluding carboxylic acids is 1. The van der Waals surface area contributed by atoms with Crippen molar-refractivity contribution in [3.63, 3.8) is 0 Å². The van der Waals surface area contributed by atoms with E-state index < -0.39 is 17.9 Å². The third-order valence-corrected chi connectivity index (χ3v) is 2.23. The van der Waals surface area contributed by atoms with E-state index in [1.807, 2.05) is 6.92 Å². The minimum Gasteiger partial charge on any atom is -0.480 e. The van der Waals surface area contributed by atoms with Crippen LogP contribution in [0.4, 0.5) is 0 Å². The molecule has 0 spiro atoms. The van der Waals surface area contributed by atoms with Crippen LogP contribution in [-0.2, 0) is 9.59 Å². The molecule has 7 nitrogen and oxygen atoms in total. The van der Waals surface area contributed by atoms with Crippen LogP contribution in [0.1, 0.15) is 20.3 Å². The maximum atomic E-state index is 11.3. The fourth-order valence-electron chi connectivity index (χ4n) is 1.08. The number of carboxylic acid groups (broad SMARTS) is 1. The van der Waals surface area contributed by atoms with E-state index >= 15 is 0 Å². The maximum Gasteiger partial charge on any atom is 0.326 e. The van der Waals surface area contributed by atoms with Crippen LogP contribution in [0, 0.1) is 11.3 Å². The fraction of sp³-hybridized carbons (Fsp3) is 0.667. The van der Waals surface area contributed by atoms with Crippen LogP contribution in [0.25, 0.3) is 0 Å². The molecule has 0 saturated heterocycles. The second-order valence-corrected chi connectivity index (χ2v) is 3.54. The van der Waals surface area contributed by atoms with E-state index in [0.717, 1.165) is 0 Å². The molecule has 0 aromatic carbocycles. The predicted octanol–water partition coefficient (Wildman–Crippen LogP) is -0.915. The second kappa shape index (κ2) is 6.65. The Morgan fingerprint density at radius 1 is 1.50 bits per heavy atom. The molecule has 0 unspecified atom stereocenters. The van der Waals surface area contributed by atoms with Crippen molar-refractivity contribution >= 4 is 17.8 Å². The van der Waals surface area contributed by atoms with Gasteiger partial charge in [-0.3, -0.25) is 10.2 Å². The van der Waals surface area contributed by atoms with Crippen molar-refractivity contribution in [2.75, 3.05) is 6.54 Å². The van der Waals surface area contributed by atoms with Crippen LogP contribution in [-0.4, -0.2) is 35.5 Å². The number of rotatable bonds is 6. The Kier molecular flexibility index (Phi) is 5.91. The van der Waals surface area contributed by atoms with Gasteiger partial charge >= 0.3 is 5.97 Å². The average molecular weight is 230 g/mol. The molecule has 1 amide bonds. The lowest BCUT2D eigenvalue weighted by atomic mass is 9.99. The summed E-state index contributed by atoms with van der Waals surface area (Å²) in [6.45, 7) is 3.40. The van der Waals surface area contributed by atoms with Gasteiger partial charge in [-0.2, -0.15) is 0 Å². The third-order valence-electron chi connectivity index (χ3n) is 2.23. The molecule has 0 aliphatic carbocycles. The van der Waals surface area contributed by atoms with Crippen LogP contribution in [0.5, 0.6) is 0 Å². The smallest absolute Gasteiger partial charge is 0.326 e. The standard InChI is InChI=1S/C9H18N4O3/c1-3-5(2)7(8(15)16)13-6(14)4-12-9(10)11/h5,7H,3-4H2,1-2H3,(H,13,14)(H,15,16)(H4,10,11,12)/t5-,7-/m0/s1. The molecule has 0 saturated carbocycles. The summed E-state index contributed by atoms with van der Waals surface area (Å²) >= 11 is 0. The lowest BCUT2D eigenvalue weighted by Gasteiger charge is -2.20. The van der Waals surface area contributed by atoms with Crippen molar-refractivity contribution in [3.8, 4) is 0 Å². The number of aliphatic carboxylic acids is 1. The summed E-state index contributed by atoms with van der Waals surface area (Å²) in [5, 5.41) is 20.4. The van der Waals surface area contributed by atoms with Crippen molar-refractivity contribution in [2.24, 2.45) is 11.7 Å². The van der Waals surface area contributed by atoms with Gasteiger partial charge in [-0.05, 0) is 5.92 Å². The summed E-state index contributed by atoms with van der Waals surface area (Å²) < 4.78 is 0. The number of hydrogen-bond acceptors (Lipinski definition) is 3. The highest BCUT2D eigenvalue weighted by Gasteiger charge is 2.24. The van der Waals surface area contributed by atoms with E-state index in [1.54, 1.807) is 6.92 Å². The summed E-state index contributed by atoms with van der Waals surface area (Å²) in [4.78, 5) is 22.2. The normalized spacial score (nSPS) is 13.6. The molecule has 0 aliphatic rings. The molecule has 0 radical (unpaired) electrons. The first-order valence-electron chi connectivity index (χ1n) is 4.98. The second-order valence-electron chi connectivity index (χ2n) is 3.54. The van der Waals surface area contributed by atoms with Gasteiger partial charge in [0.25, 0.3) is 0 Å². The molecule has 0 heterocycles. The highest BCUT2D eigenvalue weighted by molar-refractivity contribution is 5.87. The first kappa shape index (κ1) is 14.2. The van der Waals surface area contributed by atoms with Crippen LogP contribution < -0.4 is 16.4 Å². The van der Waals surface area contributed by atoms with Gasteiger partial charge in [0, 0.05) is 0 Å². The molecule has 0 bridgehead atoms. The molecule has 92 valence electrons. The molecule has 0 aromatic rings. The zero-order valence-electron chi connectivity index (χ0n) is 9.41. The van der Waals surface area contributed by atoms with Crippen LogP contribution in [0.15, 0.2) is 0 Å². The summed E-state index contributed by atoms with van der Waals surface area (Å²) in [7, 11) is 0. The molecular weight excluding hydrogens is 212 g/mol. The average Bonchev–Trinajstić information content (AvgIpc) is 2.21. The lowest BCUT2D eigenvalue weighted by molar-refractivity contribution is -0.143. The molecule has 0 rings (SSSR count). The van der Waals surface area contributed by atoms with Gasteiger partial charge < -0.3 is 21.5 Å². The number of carbonyl (C=O) groups is 2. The predicted molar refractivity (Wildman–Crippen MR) is 58.9 cm³/mol. The quantitative estimate of drug-likeness (QED) is 0.298. The van der Waals surface area contributed by atoms with Crippen molar-refractivity contribution < 1.29 is 14.7 Å². The summed E-state index contributed by atoms with van der Waals surface area (Å²) in [6, 6.07) is -0.911. The Hall–Kier alpha value is -1.79. The monoisotopic (exact) mass is 230 g/mol. The number of carboxylic acids is 1. The Morgan fingerprint density at radius 2 is 2.06 bits per heavy atom. The molecule has 7 heteroatoms. The molecule has 0 aliphatic heterocycles. The zero-order chi connectivity index (χ0) is 12.7. The van der Waals surface area contributed by atoms with Crippen molar-refractivity contribution in [1.29, 1.82) is 5.41 Å². The number of nitrogens with one attached hydrogen (secondary N) is 3. The summed E-state index contributed by atoms with van der Waals surface area (Å²) in [5.74, 6) is -2.04. The topological polar surface area (TPSA) is 128 Å². The van der Waals surface area contributed by atoms with Crippen LogP contribution in [0.2, 0.25) is 0 Å². The molecule has 2 atom stereocenters. The first-order chi connectivity index (χ1) is 7.38. The van der Waals surface area contributed by atoms with E-state index in [4.69, 9.17) is 16.2 Å². The number of nitrogens with two attached hydrogens (primary N) is 1. The summed E-state index contributed by atoms with van der Waals surface area (Å²) in [5.41, 5.74) is 4.99. The fourth-order valence-corrected chi connectivity index (χ4v) is 1.08. The van der Waals surface area contributed by atoms with Gasteiger partial charge in [0.1, 0.15) is 6.04 Å².